The second-order valence-electron chi connectivity index (χ2n) is 5.07. The van der Waals surface area contributed by atoms with Gasteiger partial charge >= 0.3 is 0 Å². The van der Waals surface area contributed by atoms with Gasteiger partial charge in [-0.05, 0) is 18.4 Å². The average Bonchev–Trinajstić information content (AvgIpc) is 2.44. The number of carbonyl (C=O) groups excluding carboxylic acids is 1. The summed E-state index contributed by atoms with van der Waals surface area (Å²) in [4.78, 5) is 10.8. The van der Waals surface area contributed by atoms with Gasteiger partial charge in [0.25, 0.3) is 5.91 Å². The van der Waals surface area contributed by atoms with Crippen molar-refractivity contribution in [1.29, 1.82) is 0 Å². The second-order valence-corrected chi connectivity index (χ2v) is 6.83. The van der Waals surface area contributed by atoms with E-state index in [1.807, 2.05) is 0 Å². The maximum Gasteiger partial charge on any atom is 0.258 e. The number of rotatable bonds is 5. The van der Waals surface area contributed by atoms with Crippen LogP contribution in [0.25, 0.3) is 0 Å². The molecule has 1 aliphatic carbocycles. The minimum atomic E-state index is -3.72. The molecule has 0 bridgehead atoms. The number of sulfonamides is 1. The number of carbonyl (C=O) groups is 1. The molecule has 8 heteroatoms. The molecule has 0 radical (unpaired) electrons. The summed E-state index contributed by atoms with van der Waals surface area (Å²) in [6, 6.07) is 0. The second kappa shape index (κ2) is 9.67. The molecule has 1 rings (SSSR count). The lowest BCUT2D eigenvalue weighted by atomic mass is 10.1. The van der Waals surface area contributed by atoms with Crippen molar-refractivity contribution in [3.63, 3.8) is 0 Å². The molecule has 0 aromatic rings. The van der Waals surface area contributed by atoms with Gasteiger partial charge < -0.3 is 4.74 Å². The van der Waals surface area contributed by atoms with Crippen LogP contribution in [0.4, 0.5) is 0 Å². The topological polar surface area (TPSA) is 105 Å². The summed E-state index contributed by atoms with van der Waals surface area (Å²) in [6.45, 7) is 5.98. The monoisotopic (exact) mass is 320 g/mol. The fourth-order valence-corrected chi connectivity index (χ4v) is 2.30. The van der Waals surface area contributed by atoms with Crippen LogP contribution >= 0.6 is 0 Å². The molecule has 0 saturated carbocycles. The van der Waals surface area contributed by atoms with E-state index in [2.05, 4.69) is 25.5 Å². The van der Waals surface area contributed by atoms with Crippen molar-refractivity contribution in [1.82, 2.24) is 10.2 Å². The predicted molar refractivity (Wildman–Crippen MR) is 80.0 cm³/mol. The molecule has 0 fully saturated rings. The maximum absolute atomic E-state index is 11.7. The molecule has 0 spiro atoms. The molecule has 0 aromatic heterocycles. The van der Waals surface area contributed by atoms with Crippen LogP contribution in [-0.2, 0) is 19.6 Å². The SMILES string of the molecule is CC(C)C.CO[C@H]1C=CC(S(=O)(=O)NCC(=O)NO)=CC1. The Bertz CT molecular complexity index is 480. The van der Waals surface area contributed by atoms with E-state index in [0.29, 0.717) is 6.42 Å². The van der Waals surface area contributed by atoms with E-state index in [1.165, 1.54) is 24.7 Å². The van der Waals surface area contributed by atoms with Crippen molar-refractivity contribution in [2.45, 2.75) is 33.3 Å². The van der Waals surface area contributed by atoms with Gasteiger partial charge in [0.05, 0.1) is 17.6 Å². The smallest absolute Gasteiger partial charge is 0.258 e. The Kier molecular flexibility index (Phi) is 9.11. The Morgan fingerprint density at radius 3 is 2.43 bits per heavy atom. The molecule has 122 valence electrons. The Labute approximate surface area is 126 Å². The number of allylic oxidation sites excluding steroid dienone is 1. The van der Waals surface area contributed by atoms with Gasteiger partial charge in [-0.2, -0.15) is 0 Å². The quantitative estimate of drug-likeness (QED) is 0.516. The highest BCUT2D eigenvalue weighted by Crippen LogP contribution is 2.16. The molecule has 21 heavy (non-hydrogen) atoms. The third-order valence-electron chi connectivity index (χ3n) is 2.19. The lowest BCUT2D eigenvalue weighted by Gasteiger charge is -2.14. The van der Waals surface area contributed by atoms with Gasteiger partial charge in [0, 0.05) is 7.11 Å². The fourth-order valence-electron chi connectivity index (χ4n) is 1.24. The maximum atomic E-state index is 11.7. The highest BCUT2D eigenvalue weighted by molar-refractivity contribution is 7.93. The summed E-state index contributed by atoms with van der Waals surface area (Å²) in [5.41, 5.74) is 1.33. The molecule has 1 aliphatic rings. The zero-order chi connectivity index (χ0) is 16.5. The molecule has 1 atom stereocenters. The third-order valence-corrected chi connectivity index (χ3v) is 3.63. The first-order chi connectivity index (χ1) is 9.72. The van der Waals surface area contributed by atoms with Gasteiger partial charge in [-0.15, -0.1) is 0 Å². The van der Waals surface area contributed by atoms with Crippen LogP contribution in [0, 0.1) is 5.92 Å². The summed E-state index contributed by atoms with van der Waals surface area (Å²) >= 11 is 0. The van der Waals surface area contributed by atoms with Gasteiger partial charge in [0.1, 0.15) is 0 Å². The van der Waals surface area contributed by atoms with E-state index < -0.39 is 22.5 Å². The van der Waals surface area contributed by atoms with Crippen molar-refractivity contribution in [2.75, 3.05) is 13.7 Å². The van der Waals surface area contributed by atoms with Crippen LogP contribution in [0.3, 0.4) is 0 Å². The summed E-state index contributed by atoms with van der Waals surface area (Å²) in [5, 5.41) is 8.23. The van der Waals surface area contributed by atoms with Crippen LogP contribution < -0.4 is 10.2 Å². The largest absolute Gasteiger partial charge is 0.377 e. The molecule has 0 heterocycles. The van der Waals surface area contributed by atoms with Crippen molar-refractivity contribution in [2.24, 2.45) is 5.92 Å². The first kappa shape index (κ1) is 19.8. The lowest BCUT2D eigenvalue weighted by molar-refractivity contribution is -0.127. The van der Waals surface area contributed by atoms with E-state index >= 15 is 0 Å². The Hall–Kier alpha value is -1.22. The number of amides is 1. The van der Waals surface area contributed by atoms with Gasteiger partial charge in [0.2, 0.25) is 10.0 Å². The number of ether oxygens (including phenoxy) is 1. The minimum Gasteiger partial charge on any atom is -0.377 e. The Balaban J connectivity index is 0.000000885. The van der Waals surface area contributed by atoms with E-state index in [-0.39, 0.29) is 11.0 Å². The minimum absolute atomic E-state index is 0.0801. The van der Waals surface area contributed by atoms with Crippen molar-refractivity contribution in [3.05, 3.63) is 23.1 Å². The molecule has 1 amide bonds. The van der Waals surface area contributed by atoms with Crippen LogP contribution in [0.1, 0.15) is 27.2 Å². The lowest BCUT2D eigenvalue weighted by Crippen LogP contribution is -2.36. The van der Waals surface area contributed by atoms with Crippen LogP contribution in [0.15, 0.2) is 23.1 Å². The first-order valence-electron chi connectivity index (χ1n) is 6.56. The van der Waals surface area contributed by atoms with Crippen LogP contribution in [0.2, 0.25) is 0 Å². The van der Waals surface area contributed by atoms with E-state index in [0.717, 1.165) is 5.92 Å². The molecular formula is C13H24N2O5S. The van der Waals surface area contributed by atoms with Crippen LogP contribution in [0.5, 0.6) is 0 Å². The van der Waals surface area contributed by atoms with Gasteiger partial charge in [0.15, 0.2) is 0 Å². The summed E-state index contributed by atoms with van der Waals surface area (Å²) in [5.74, 6) is 0.00346. The number of nitrogens with one attached hydrogen (secondary N) is 2. The van der Waals surface area contributed by atoms with E-state index in [4.69, 9.17) is 9.94 Å². The van der Waals surface area contributed by atoms with Gasteiger partial charge in [-0.25, -0.2) is 18.6 Å². The molecule has 3 N–H and O–H groups in total. The summed E-state index contributed by atoms with van der Waals surface area (Å²) in [7, 11) is -2.19. The Morgan fingerprint density at radius 2 is 2.05 bits per heavy atom. The molecule has 0 unspecified atom stereocenters. The molecule has 7 nitrogen and oxygen atoms in total. The zero-order valence-corrected chi connectivity index (χ0v) is 13.6. The predicted octanol–water partition coefficient (Wildman–Crippen LogP) is 0.932. The van der Waals surface area contributed by atoms with Crippen LogP contribution in [-0.4, -0.2) is 39.3 Å². The highest BCUT2D eigenvalue weighted by Gasteiger charge is 2.19. The highest BCUT2D eigenvalue weighted by atomic mass is 32.2. The first-order valence-corrected chi connectivity index (χ1v) is 8.05. The normalized spacial score (nSPS) is 17.8. The summed E-state index contributed by atoms with van der Waals surface area (Å²) < 4.78 is 30.4. The van der Waals surface area contributed by atoms with Crippen molar-refractivity contribution >= 4 is 15.9 Å². The molecule has 0 saturated heterocycles. The van der Waals surface area contributed by atoms with E-state index in [1.54, 1.807) is 6.08 Å². The van der Waals surface area contributed by atoms with E-state index in [9.17, 15) is 13.2 Å². The number of hydroxylamine groups is 1. The Morgan fingerprint density at radius 1 is 1.48 bits per heavy atom. The number of hydrogen-bond donors (Lipinski definition) is 3. The average molecular weight is 320 g/mol. The molecule has 0 aliphatic heterocycles. The van der Waals surface area contributed by atoms with Gasteiger partial charge in [-0.1, -0.05) is 32.9 Å². The standard InChI is InChI=1S/C9H14N2O5S.C4H10/c1-16-7-2-4-8(5-3-7)17(14,15)10-6-9(12)11-13;1-4(2)3/h2,4-5,7,10,13H,3,6H2,1H3,(H,11,12);4H,1-3H3/t7-;/m0./s1. The number of hydrogen-bond acceptors (Lipinski definition) is 5. The molecular weight excluding hydrogens is 296 g/mol. The van der Waals surface area contributed by atoms with Crippen molar-refractivity contribution < 1.29 is 23.2 Å². The zero-order valence-electron chi connectivity index (χ0n) is 12.8. The van der Waals surface area contributed by atoms with Gasteiger partial charge in [-0.3, -0.25) is 10.0 Å². The van der Waals surface area contributed by atoms with Crippen molar-refractivity contribution in [3.8, 4) is 0 Å². The summed E-state index contributed by atoms with van der Waals surface area (Å²) in [6.07, 6.45) is 4.87. The third kappa shape index (κ3) is 8.61. The number of methoxy groups -OCH3 is 1. The molecule has 0 aromatic carbocycles. The fraction of sp³-hybridized carbons (Fsp3) is 0.615.